The number of nitrogens with zero attached hydrogens (tertiary/aromatic N) is 2. The summed E-state index contributed by atoms with van der Waals surface area (Å²) in [4.78, 5) is 27.2. The first-order chi connectivity index (χ1) is 17.7. The van der Waals surface area contributed by atoms with E-state index in [9.17, 15) is 19.1 Å². The van der Waals surface area contributed by atoms with Crippen molar-refractivity contribution in [2.45, 2.75) is 26.4 Å². The average molecular weight is 503 g/mol. The SMILES string of the molecule is Cc1cc(OC[C@@H]2CN(C)c3ccccc3O2)ccc1C(=O)n1c(C)c(CC(=O)O)c2cc(F)ccc21. The maximum Gasteiger partial charge on any atom is 0.307 e. The van der Waals surface area contributed by atoms with Gasteiger partial charge in [-0.15, -0.1) is 0 Å². The predicted molar refractivity (Wildman–Crippen MR) is 139 cm³/mol. The highest BCUT2D eigenvalue weighted by atomic mass is 19.1. The molecule has 1 atom stereocenters. The average Bonchev–Trinajstić information content (AvgIpc) is 3.12. The number of para-hydroxylation sites is 2. The quantitative estimate of drug-likeness (QED) is 0.400. The topological polar surface area (TPSA) is 81.0 Å². The highest BCUT2D eigenvalue weighted by Gasteiger charge is 2.25. The van der Waals surface area contributed by atoms with Crippen LogP contribution in [0.1, 0.15) is 27.2 Å². The maximum absolute atomic E-state index is 14.0. The molecular formula is C29H27FN2O5. The van der Waals surface area contributed by atoms with Crippen LogP contribution in [-0.4, -0.2) is 47.9 Å². The molecule has 0 amide bonds. The molecule has 1 aliphatic rings. The van der Waals surface area contributed by atoms with E-state index in [0.29, 0.717) is 52.2 Å². The summed E-state index contributed by atoms with van der Waals surface area (Å²) in [5.41, 5.74) is 3.57. The van der Waals surface area contributed by atoms with Crippen molar-refractivity contribution >= 4 is 28.5 Å². The Balaban J connectivity index is 1.37. The lowest BCUT2D eigenvalue weighted by Crippen LogP contribution is -2.41. The van der Waals surface area contributed by atoms with Crippen LogP contribution in [0.25, 0.3) is 10.9 Å². The molecule has 0 bridgehead atoms. The second-order valence-electron chi connectivity index (χ2n) is 9.31. The van der Waals surface area contributed by atoms with Gasteiger partial charge in [-0.2, -0.15) is 0 Å². The van der Waals surface area contributed by atoms with E-state index < -0.39 is 11.8 Å². The number of ether oxygens (including phenoxy) is 2. The maximum atomic E-state index is 14.0. The summed E-state index contributed by atoms with van der Waals surface area (Å²) in [7, 11) is 2.02. The summed E-state index contributed by atoms with van der Waals surface area (Å²) in [5, 5.41) is 9.78. The molecular weight excluding hydrogens is 475 g/mol. The highest BCUT2D eigenvalue weighted by molar-refractivity contribution is 6.05. The van der Waals surface area contributed by atoms with Crippen LogP contribution >= 0.6 is 0 Å². The van der Waals surface area contributed by atoms with Crippen molar-refractivity contribution in [1.29, 1.82) is 0 Å². The van der Waals surface area contributed by atoms with E-state index in [4.69, 9.17) is 9.47 Å². The van der Waals surface area contributed by atoms with Crippen LogP contribution in [0.3, 0.4) is 0 Å². The van der Waals surface area contributed by atoms with Gasteiger partial charge in [0.25, 0.3) is 5.91 Å². The first kappa shape index (κ1) is 24.4. The number of carboxylic acid groups (broad SMARTS) is 1. The van der Waals surface area contributed by atoms with Crippen LogP contribution in [0.15, 0.2) is 60.7 Å². The lowest BCUT2D eigenvalue weighted by molar-refractivity contribution is -0.136. The Bertz CT molecular complexity index is 1530. The van der Waals surface area contributed by atoms with Gasteiger partial charge < -0.3 is 19.5 Å². The molecule has 0 radical (unpaired) electrons. The lowest BCUT2D eigenvalue weighted by atomic mass is 10.1. The third-order valence-corrected chi connectivity index (χ3v) is 6.74. The zero-order chi connectivity index (χ0) is 26.3. The fourth-order valence-electron chi connectivity index (χ4n) is 4.95. The molecule has 1 N–H and O–H groups in total. The van der Waals surface area contributed by atoms with Gasteiger partial charge in [-0.3, -0.25) is 14.2 Å². The summed E-state index contributed by atoms with van der Waals surface area (Å²) in [5.74, 6) is -0.421. The van der Waals surface area contributed by atoms with Gasteiger partial charge in [0.05, 0.1) is 24.2 Å². The number of aliphatic carboxylic acids is 1. The van der Waals surface area contributed by atoms with Crippen molar-refractivity contribution in [3.8, 4) is 11.5 Å². The minimum atomic E-state index is -1.05. The zero-order valence-corrected chi connectivity index (χ0v) is 20.8. The van der Waals surface area contributed by atoms with Crippen molar-refractivity contribution in [2.24, 2.45) is 0 Å². The van der Waals surface area contributed by atoms with Crippen molar-refractivity contribution in [1.82, 2.24) is 4.57 Å². The van der Waals surface area contributed by atoms with Gasteiger partial charge in [0, 0.05) is 23.7 Å². The number of fused-ring (bicyclic) bond motifs is 2. The van der Waals surface area contributed by atoms with E-state index in [1.54, 1.807) is 25.1 Å². The van der Waals surface area contributed by atoms with Crippen LogP contribution < -0.4 is 14.4 Å². The van der Waals surface area contributed by atoms with Crippen molar-refractivity contribution in [3.05, 3.63) is 88.9 Å². The monoisotopic (exact) mass is 502 g/mol. The number of aryl methyl sites for hydroxylation is 1. The summed E-state index contributed by atoms with van der Waals surface area (Å²) in [6, 6.07) is 17.1. The molecule has 4 aromatic rings. The Hall–Kier alpha value is -4.33. The molecule has 7 nitrogen and oxygen atoms in total. The van der Waals surface area contributed by atoms with E-state index in [1.807, 2.05) is 38.2 Å². The van der Waals surface area contributed by atoms with E-state index in [0.717, 1.165) is 11.4 Å². The number of aromatic nitrogens is 1. The Morgan fingerprint density at radius 2 is 1.89 bits per heavy atom. The van der Waals surface area contributed by atoms with Crippen LogP contribution in [0.4, 0.5) is 10.1 Å². The molecule has 37 heavy (non-hydrogen) atoms. The molecule has 2 heterocycles. The normalized spacial score (nSPS) is 14.8. The molecule has 0 aliphatic carbocycles. The van der Waals surface area contributed by atoms with Gasteiger partial charge in [0.1, 0.15) is 30.0 Å². The number of halogens is 1. The number of hydrogen-bond donors (Lipinski definition) is 1. The Morgan fingerprint density at radius 3 is 2.65 bits per heavy atom. The van der Waals surface area contributed by atoms with Gasteiger partial charge in [0.15, 0.2) is 0 Å². The van der Waals surface area contributed by atoms with Gasteiger partial charge in [-0.1, -0.05) is 12.1 Å². The molecule has 190 valence electrons. The summed E-state index contributed by atoms with van der Waals surface area (Å²) < 4.78 is 27.5. The molecule has 5 rings (SSSR count). The standard InChI is InChI=1S/C29H27FN2O5/c1-17-12-20(36-16-21-15-31(3)26-6-4-5-7-27(26)37-21)9-10-22(17)29(35)32-18(2)23(14-28(33)34)24-13-19(30)8-11-25(24)32/h4-13,21H,14-16H2,1-3H3,(H,33,34)/t21-/m0/s1. The van der Waals surface area contributed by atoms with Crippen LogP contribution in [0, 0.1) is 19.7 Å². The molecule has 0 unspecified atom stereocenters. The third kappa shape index (κ3) is 4.62. The first-order valence-electron chi connectivity index (χ1n) is 12.0. The molecule has 0 saturated carbocycles. The second kappa shape index (κ2) is 9.61. The summed E-state index contributed by atoms with van der Waals surface area (Å²) >= 11 is 0. The largest absolute Gasteiger partial charge is 0.490 e. The molecule has 1 aromatic heterocycles. The van der Waals surface area contributed by atoms with E-state index in [2.05, 4.69) is 4.90 Å². The summed E-state index contributed by atoms with van der Waals surface area (Å²) in [6.07, 6.45) is -0.454. The minimum Gasteiger partial charge on any atom is -0.490 e. The first-order valence-corrected chi connectivity index (χ1v) is 12.0. The van der Waals surface area contributed by atoms with E-state index >= 15 is 0 Å². The molecule has 3 aromatic carbocycles. The molecule has 1 aliphatic heterocycles. The highest BCUT2D eigenvalue weighted by Crippen LogP contribution is 2.32. The van der Waals surface area contributed by atoms with Gasteiger partial charge in [-0.25, -0.2) is 4.39 Å². The smallest absolute Gasteiger partial charge is 0.307 e. The molecule has 0 saturated heterocycles. The van der Waals surface area contributed by atoms with Crippen LogP contribution in [0.2, 0.25) is 0 Å². The number of carbonyl (C=O) groups excluding carboxylic acids is 1. The second-order valence-corrected chi connectivity index (χ2v) is 9.31. The Labute approximate surface area is 213 Å². The van der Waals surface area contributed by atoms with Crippen LogP contribution in [-0.2, 0) is 11.2 Å². The van der Waals surface area contributed by atoms with Gasteiger partial charge >= 0.3 is 5.97 Å². The zero-order valence-electron chi connectivity index (χ0n) is 20.8. The predicted octanol–water partition coefficient (Wildman–Crippen LogP) is 4.99. The number of anilines is 1. The van der Waals surface area contributed by atoms with Crippen LogP contribution in [0.5, 0.6) is 11.5 Å². The fourth-order valence-corrected chi connectivity index (χ4v) is 4.95. The summed E-state index contributed by atoms with van der Waals surface area (Å²) in [6.45, 7) is 4.53. The number of benzene rings is 3. The lowest BCUT2D eigenvalue weighted by Gasteiger charge is -2.33. The molecule has 8 heteroatoms. The Kier molecular flexibility index (Phi) is 6.33. The number of carbonyl (C=O) groups is 2. The van der Waals surface area contributed by atoms with Crippen molar-refractivity contribution in [2.75, 3.05) is 25.1 Å². The number of likely N-dealkylation sites (N-methyl/N-ethyl adjacent to an activating group) is 1. The number of carboxylic acids is 1. The van der Waals surface area contributed by atoms with Crippen molar-refractivity contribution < 1.29 is 28.6 Å². The van der Waals surface area contributed by atoms with E-state index in [-0.39, 0.29) is 18.4 Å². The third-order valence-electron chi connectivity index (χ3n) is 6.74. The minimum absolute atomic E-state index is 0.150. The van der Waals surface area contributed by atoms with Crippen molar-refractivity contribution in [3.63, 3.8) is 0 Å². The number of rotatable bonds is 6. The Morgan fingerprint density at radius 1 is 1.11 bits per heavy atom. The van der Waals surface area contributed by atoms with Gasteiger partial charge in [0.2, 0.25) is 0 Å². The molecule has 0 spiro atoms. The van der Waals surface area contributed by atoms with E-state index in [1.165, 1.54) is 22.8 Å². The number of hydrogen-bond acceptors (Lipinski definition) is 5. The molecule has 0 fully saturated rings. The fraction of sp³-hybridized carbons (Fsp3) is 0.241. The van der Waals surface area contributed by atoms with Gasteiger partial charge in [-0.05, 0) is 73.5 Å².